The van der Waals surface area contributed by atoms with E-state index in [9.17, 15) is 13.2 Å². The molecule has 0 aliphatic carbocycles. The van der Waals surface area contributed by atoms with Crippen LogP contribution in [0.25, 0.3) is 0 Å². The Morgan fingerprint density at radius 1 is 0.886 bits per heavy atom. The van der Waals surface area contributed by atoms with Crippen LogP contribution in [0.5, 0.6) is 0 Å². The van der Waals surface area contributed by atoms with Crippen molar-refractivity contribution in [3.8, 4) is 0 Å². The normalized spacial score (nSPS) is 14.1. The maximum atomic E-state index is 13.5. The van der Waals surface area contributed by atoms with E-state index in [0.29, 0.717) is 12.2 Å². The number of aryl methyl sites for hydroxylation is 2. The summed E-state index contributed by atoms with van der Waals surface area (Å²) >= 11 is 0. The number of amides is 1. The molecule has 1 amide bonds. The lowest BCUT2D eigenvalue weighted by molar-refractivity contribution is -0.119. The second kappa shape index (κ2) is 11.1. The quantitative estimate of drug-likeness (QED) is 0.481. The van der Waals surface area contributed by atoms with E-state index in [1.165, 1.54) is 22.7 Å². The first-order valence-electron chi connectivity index (χ1n) is 12.0. The van der Waals surface area contributed by atoms with Crippen molar-refractivity contribution < 1.29 is 13.2 Å². The lowest BCUT2D eigenvalue weighted by atomic mass is 10.1. The SMILES string of the molecule is Cc1ccc(S(=O)(=O)N(CC(=O)NCc2ccc(CN3CCCC3)cc2)c2cccc(C)c2)cc1. The molecule has 6 nitrogen and oxygen atoms in total. The first-order valence-corrected chi connectivity index (χ1v) is 13.5. The van der Waals surface area contributed by atoms with Crippen LogP contribution in [-0.2, 0) is 27.9 Å². The lowest BCUT2D eigenvalue weighted by Gasteiger charge is -2.24. The van der Waals surface area contributed by atoms with E-state index in [-0.39, 0.29) is 17.3 Å². The van der Waals surface area contributed by atoms with E-state index < -0.39 is 10.0 Å². The van der Waals surface area contributed by atoms with E-state index in [4.69, 9.17) is 0 Å². The van der Waals surface area contributed by atoms with Gasteiger partial charge in [0.15, 0.2) is 0 Å². The summed E-state index contributed by atoms with van der Waals surface area (Å²) in [5.74, 6) is -0.358. The molecular weight excluding hydrogens is 458 g/mol. The number of hydrogen-bond acceptors (Lipinski definition) is 4. The van der Waals surface area contributed by atoms with Gasteiger partial charge in [0.1, 0.15) is 6.54 Å². The Morgan fingerprint density at radius 2 is 1.54 bits per heavy atom. The topological polar surface area (TPSA) is 69.7 Å². The van der Waals surface area contributed by atoms with Gasteiger partial charge in [-0.05, 0) is 80.7 Å². The number of sulfonamides is 1. The second-order valence-electron chi connectivity index (χ2n) is 9.24. The van der Waals surface area contributed by atoms with Crippen molar-refractivity contribution >= 4 is 21.6 Å². The van der Waals surface area contributed by atoms with E-state index >= 15 is 0 Å². The van der Waals surface area contributed by atoms with Crippen molar-refractivity contribution in [2.45, 2.75) is 44.7 Å². The molecule has 1 N–H and O–H groups in total. The minimum atomic E-state index is -3.92. The zero-order chi connectivity index (χ0) is 24.8. The zero-order valence-electron chi connectivity index (χ0n) is 20.4. The van der Waals surface area contributed by atoms with Crippen LogP contribution >= 0.6 is 0 Å². The van der Waals surface area contributed by atoms with Crippen LogP contribution in [0.1, 0.15) is 35.1 Å². The van der Waals surface area contributed by atoms with Crippen LogP contribution in [0.15, 0.2) is 77.7 Å². The third-order valence-corrected chi connectivity index (χ3v) is 8.09. The van der Waals surface area contributed by atoms with Crippen LogP contribution in [0.4, 0.5) is 5.69 Å². The number of nitrogens with zero attached hydrogens (tertiary/aromatic N) is 2. The molecule has 7 heteroatoms. The number of nitrogens with one attached hydrogen (secondary N) is 1. The van der Waals surface area contributed by atoms with Crippen LogP contribution in [0, 0.1) is 13.8 Å². The van der Waals surface area contributed by atoms with Gasteiger partial charge in [-0.25, -0.2) is 8.42 Å². The van der Waals surface area contributed by atoms with Gasteiger partial charge in [0.25, 0.3) is 10.0 Å². The van der Waals surface area contributed by atoms with Crippen molar-refractivity contribution in [1.82, 2.24) is 10.2 Å². The van der Waals surface area contributed by atoms with Crippen LogP contribution in [0.2, 0.25) is 0 Å². The first kappa shape index (κ1) is 24.9. The maximum absolute atomic E-state index is 13.5. The molecule has 1 aliphatic heterocycles. The van der Waals surface area contributed by atoms with Gasteiger partial charge in [-0.15, -0.1) is 0 Å². The number of anilines is 1. The fourth-order valence-corrected chi connectivity index (χ4v) is 5.70. The van der Waals surface area contributed by atoms with Crippen molar-refractivity contribution in [2.24, 2.45) is 0 Å². The van der Waals surface area contributed by atoms with Gasteiger partial charge < -0.3 is 5.32 Å². The summed E-state index contributed by atoms with van der Waals surface area (Å²) in [4.78, 5) is 15.5. The fourth-order valence-electron chi connectivity index (χ4n) is 4.28. The monoisotopic (exact) mass is 491 g/mol. The van der Waals surface area contributed by atoms with Gasteiger partial charge in [-0.2, -0.15) is 0 Å². The van der Waals surface area contributed by atoms with Crippen molar-refractivity contribution in [3.63, 3.8) is 0 Å². The predicted octanol–water partition coefficient (Wildman–Crippen LogP) is 4.41. The largest absolute Gasteiger partial charge is 0.350 e. The highest BCUT2D eigenvalue weighted by Crippen LogP contribution is 2.24. The van der Waals surface area contributed by atoms with Gasteiger partial charge >= 0.3 is 0 Å². The van der Waals surface area contributed by atoms with Gasteiger partial charge in [0.2, 0.25) is 5.91 Å². The smallest absolute Gasteiger partial charge is 0.264 e. The molecule has 4 rings (SSSR count). The van der Waals surface area contributed by atoms with Crippen LogP contribution in [0.3, 0.4) is 0 Å². The number of hydrogen-bond donors (Lipinski definition) is 1. The average Bonchev–Trinajstić information content (AvgIpc) is 3.35. The molecule has 0 unspecified atom stereocenters. The summed E-state index contributed by atoms with van der Waals surface area (Å²) in [7, 11) is -3.92. The van der Waals surface area contributed by atoms with Gasteiger partial charge in [-0.1, -0.05) is 54.1 Å². The number of carbonyl (C=O) groups is 1. The van der Waals surface area contributed by atoms with E-state index in [0.717, 1.165) is 36.3 Å². The minimum absolute atomic E-state index is 0.158. The summed E-state index contributed by atoms with van der Waals surface area (Å²) in [5.41, 5.74) is 4.59. The zero-order valence-corrected chi connectivity index (χ0v) is 21.2. The Bertz CT molecular complexity index is 1250. The number of likely N-dealkylation sites (tertiary alicyclic amines) is 1. The molecule has 1 saturated heterocycles. The van der Waals surface area contributed by atoms with Gasteiger partial charge in [-0.3, -0.25) is 14.0 Å². The third-order valence-electron chi connectivity index (χ3n) is 6.30. The summed E-state index contributed by atoms with van der Waals surface area (Å²) in [6.45, 7) is 7.10. The molecule has 1 fully saturated rings. The second-order valence-corrected chi connectivity index (χ2v) is 11.1. The molecule has 0 spiro atoms. The fraction of sp³-hybridized carbons (Fsp3) is 0.321. The minimum Gasteiger partial charge on any atom is -0.350 e. The van der Waals surface area contributed by atoms with Crippen molar-refractivity contribution in [2.75, 3.05) is 23.9 Å². The number of benzene rings is 3. The van der Waals surface area contributed by atoms with E-state index in [1.807, 2.05) is 32.0 Å². The molecule has 3 aromatic rings. The first-order chi connectivity index (χ1) is 16.8. The van der Waals surface area contributed by atoms with Crippen molar-refractivity contribution in [1.29, 1.82) is 0 Å². The average molecular weight is 492 g/mol. The predicted molar refractivity (Wildman–Crippen MR) is 140 cm³/mol. The molecule has 0 radical (unpaired) electrons. The van der Waals surface area contributed by atoms with Gasteiger partial charge in [0.05, 0.1) is 10.6 Å². The van der Waals surface area contributed by atoms with Gasteiger partial charge in [0, 0.05) is 13.1 Å². The molecule has 3 aromatic carbocycles. The molecule has 184 valence electrons. The molecule has 0 atom stereocenters. The van der Waals surface area contributed by atoms with E-state index in [1.54, 1.807) is 42.5 Å². The van der Waals surface area contributed by atoms with Crippen LogP contribution in [-0.4, -0.2) is 38.9 Å². The lowest BCUT2D eigenvalue weighted by Crippen LogP contribution is -2.40. The highest BCUT2D eigenvalue weighted by molar-refractivity contribution is 7.92. The Hall–Kier alpha value is -3.16. The Morgan fingerprint density at radius 3 is 2.20 bits per heavy atom. The Labute approximate surface area is 208 Å². The highest BCUT2D eigenvalue weighted by atomic mass is 32.2. The summed E-state index contributed by atoms with van der Waals surface area (Å²) in [6, 6.07) is 22.1. The Kier molecular flexibility index (Phi) is 7.88. The van der Waals surface area contributed by atoms with Crippen molar-refractivity contribution in [3.05, 3.63) is 95.1 Å². The summed E-state index contributed by atoms with van der Waals surface area (Å²) < 4.78 is 28.2. The van der Waals surface area contributed by atoms with Crippen LogP contribution < -0.4 is 9.62 Å². The molecule has 0 aromatic heterocycles. The molecular formula is C28H33N3O3S. The molecule has 0 saturated carbocycles. The molecule has 35 heavy (non-hydrogen) atoms. The molecule has 1 aliphatic rings. The number of carbonyl (C=O) groups excluding carboxylic acids is 1. The van der Waals surface area contributed by atoms with E-state index in [2.05, 4.69) is 22.3 Å². The maximum Gasteiger partial charge on any atom is 0.264 e. The summed E-state index contributed by atoms with van der Waals surface area (Å²) in [5, 5.41) is 2.88. The third kappa shape index (κ3) is 6.50. The Balaban J connectivity index is 1.45. The highest BCUT2D eigenvalue weighted by Gasteiger charge is 2.27. The molecule has 0 bridgehead atoms. The standard InChI is InChI=1S/C28H33N3O3S/c1-22-8-14-27(15-9-22)35(33,34)31(26-7-5-6-23(2)18-26)21-28(32)29-19-24-10-12-25(13-11-24)20-30-16-3-4-17-30/h5-15,18H,3-4,16-17,19-21H2,1-2H3,(H,29,32). The summed E-state index contributed by atoms with van der Waals surface area (Å²) in [6.07, 6.45) is 2.53. The number of rotatable bonds is 9. The molecule has 1 heterocycles.